The minimum atomic E-state index is -0.294. The monoisotopic (exact) mass is 490 g/mol. The van der Waals surface area contributed by atoms with Crippen LogP contribution in [-0.4, -0.2) is 28.5 Å². The average molecular weight is 491 g/mol. The van der Waals surface area contributed by atoms with Crippen molar-refractivity contribution in [2.75, 3.05) is 18.0 Å². The summed E-state index contributed by atoms with van der Waals surface area (Å²) in [6.07, 6.45) is 1.32. The Morgan fingerprint density at radius 1 is 1.09 bits per heavy atom. The fourth-order valence-corrected chi connectivity index (χ4v) is 5.31. The van der Waals surface area contributed by atoms with Gasteiger partial charge in [-0.15, -0.1) is 11.3 Å². The van der Waals surface area contributed by atoms with Gasteiger partial charge in [-0.05, 0) is 68.0 Å². The van der Waals surface area contributed by atoms with E-state index in [0.717, 1.165) is 16.8 Å². The molecule has 0 bridgehead atoms. The molecule has 180 valence electrons. The normalized spacial score (nSPS) is 15.3. The molecule has 1 atom stereocenters. The predicted octanol–water partition coefficient (Wildman–Crippen LogP) is 4.99. The molecule has 0 unspecified atom stereocenters. The van der Waals surface area contributed by atoms with Crippen molar-refractivity contribution < 1.29 is 9.18 Å². The smallest absolute Gasteiger partial charge is 0.277 e. The van der Waals surface area contributed by atoms with Crippen LogP contribution in [0.3, 0.4) is 0 Å². The van der Waals surface area contributed by atoms with Crippen LogP contribution in [0.4, 0.5) is 10.3 Å². The molecule has 0 spiro atoms. The van der Waals surface area contributed by atoms with Crippen LogP contribution in [0.15, 0.2) is 64.8 Å². The van der Waals surface area contributed by atoms with E-state index in [1.54, 1.807) is 16.7 Å². The molecular weight excluding hydrogens is 463 g/mol. The second-order valence-corrected chi connectivity index (χ2v) is 9.98. The molecule has 1 fully saturated rings. The number of piperidine rings is 1. The van der Waals surface area contributed by atoms with E-state index >= 15 is 0 Å². The minimum Gasteiger partial charge on any atom is -0.349 e. The van der Waals surface area contributed by atoms with Gasteiger partial charge in [-0.3, -0.25) is 9.59 Å². The minimum absolute atomic E-state index is 0.00125. The number of benzene rings is 2. The van der Waals surface area contributed by atoms with Crippen LogP contribution in [-0.2, 0) is 4.79 Å². The van der Waals surface area contributed by atoms with Crippen molar-refractivity contribution in [3.63, 3.8) is 0 Å². The number of nitrogens with one attached hydrogen (secondary N) is 1. The van der Waals surface area contributed by atoms with E-state index in [1.165, 1.54) is 23.5 Å². The summed E-state index contributed by atoms with van der Waals surface area (Å²) in [6.45, 7) is 5.16. The van der Waals surface area contributed by atoms with Crippen molar-refractivity contribution in [1.82, 2.24) is 14.9 Å². The van der Waals surface area contributed by atoms with Crippen molar-refractivity contribution in [3.8, 4) is 5.69 Å². The molecule has 8 heteroatoms. The number of amides is 1. The van der Waals surface area contributed by atoms with Gasteiger partial charge in [0.25, 0.3) is 5.56 Å². The van der Waals surface area contributed by atoms with E-state index in [1.807, 2.05) is 49.6 Å². The molecular formula is C27H27FN4O2S. The number of carbonyl (C=O) groups is 1. The average Bonchev–Trinajstić information content (AvgIpc) is 3.34. The number of halogens is 1. The van der Waals surface area contributed by atoms with Gasteiger partial charge < -0.3 is 10.2 Å². The highest BCUT2D eigenvalue weighted by Crippen LogP contribution is 2.27. The third-order valence-electron chi connectivity index (χ3n) is 6.63. The van der Waals surface area contributed by atoms with E-state index < -0.39 is 0 Å². The third kappa shape index (κ3) is 4.71. The Morgan fingerprint density at radius 3 is 2.46 bits per heavy atom. The Balaban J connectivity index is 1.35. The van der Waals surface area contributed by atoms with Crippen molar-refractivity contribution >= 4 is 33.4 Å². The number of fused-ring (bicyclic) bond motifs is 1. The summed E-state index contributed by atoms with van der Waals surface area (Å²) in [6, 6.07) is 15.7. The van der Waals surface area contributed by atoms with E-state index in [-0.39, 0.29) is 29.2 Å². The van der Waals surface area contributed by atoms with Gasteiger partial charge in [0.15, 0.2) is 0 Å². The molecule has 0 saturated carbocycles. The number of aromatic nitrogens is 2. The van der Waals surface area contributed by atoms with Crippen molar-refractivity contribution in [3.05, 3.63) is 87.3 Å². The molecule has 1 aliphatic rings. The van der Waals surface area contributed by atoms with E-state index in [2.05, 4.69) is 10.2 Å². The van der Waals surface area contributed by atoms with Crippen molar-refractivity contribution in [2.24, 2.45) is 5.92 Å². The van der Waals surface area contributed by atoms with Crippen molar-refractivity contribution in [1.29, 1.82) is 0 Å². The van der Waals surface area contributed by atoms with Gasteiger partial charge in [-0.2, -0.15) is 0 Å². The van der Waals surface area contributed by atoms with E-state index in [9.17, 15) is 14.0 Å². The summed E-state index contributed by atoms with van der Waals surface area (Å²) in [7, 11) is 0. The van der Waals surface area contributed by atoms with Crippen LogP contribution < -0.4 is 15.8 Å². The first-order valence-corrected chi connectivity index (χ1v) is 12.7. The highest BCUT2D eigenvalue weighted by molar-refractivity contribution is 7.17. The van der Waals surface area contributed by atoms with Crippen LogP contribution in [0.5, 0.6) is 0 Å². The summed E-state index contributed by atoms with van der Waals surface area (Å²) in [5.74, 6) is 0.193. The lowest BCUT2D eigenvalue weighted by Crippen LogP contribution is -2.43. The maximum absolute atomic E-state index is 13.4. The Bertz CT molecular complexity index is 1400. The summed E-state index contributed by atoms with van der Waals surface area (Å²) < 4.78 is 15.5. The quantitative estimate of drug-likeness (QED) is 0.428. The van der Waals surface area contributed by atoms with Gasteiger partial charge in [0.1, 0.15) is 10.5 Å². The number of anilines is 1. The molecule has 1 aliphatic heterocycles. The standard InChI is InChI=1S/C27H27FN4O2S/c1-17-3-9-22(10-4-17)32-26(34)24-23(13-16-35-24)30-27(32)31-14-11-20(12-15-31)25(33)29-18(2)19-5-7-21(28)8-6-19/h3-10,13,16,18,20H,11-12,14-15H2,1-2H3,(H,29,33)/t18-/m0/s1. The number of hydrogen-bond acceptors (Lipinski definition) is 5. The van der Waals surface area contributed by atoms with Gasteiger partial charge in [-0.25, -0.2) is 13.9 Å². The summed E-state index contributed by atoms with van der Waals surface area (Å²) in [5, 5.41) is 4.95. The fraction of sp³-hybridized carbons (Fsp3) is 0.296. The topological polar surface area (TPSA) is 67.2 Å². The Morgan fingerprint density at radius 2 is 1.77 bits per heavy atom. The fourth-order valence-electron chi connectivity index (χ4n) is 4.55. The molecule has 1 amide bonds. The number of aryl methyl sites for hydroxylation is 1. The van der Waals surface area contributed by atoms with Crippen LogP contribution in [0, 0.1) is 18.7 Å². The molecule has 1 N–H and O–H groups in total. The van der Waals surface area contributed by atoms with E-state index in [0.29, 0.717) is 42.1 Å². The first-order chi connectivity index (χ1) is 16.9. The van der Waals surface area contributed by atoms with Gasteiger partial charge in [-0.1, -0.05) is 29.8 Å². The second kappa shape index (κ2) is 9.62. The molecule has 2 aromatic carbocycles. The van der Waals surface area contributed by atoms with Crippen LogP contribution >= 0.6 is 11.3 Å². The molecule has 3 heterocycles. The SMILES string of the molecule is Cc1ccc(-n2c(N3CCC(C(=O)N[C@@H](C)c4ccc(F)cc4)CC3)nc3ccsc3c2=O)cc1. The number of carbonyl (C=O) groups excluding carboxylic acids is 1. The maximum Gasteiger partial charge on any atom is 0.277 e. The molecule has 4 aromatic rings. The lowest BCUT2D eigenvalue weighted by atomic mass is 9.95. The summed E-state index contributed by atoms with van der Waals surface area (Å²) in [5.41, 5.74) is 3.40. The number of thiophene rings is 1. The number of nitrogens with zero attached hydrogens (tertiary/aromatic N) is 3. The van der Waals surface area contributed by atoms with Gasteiger partial charge in [0, 0.05) is 19.0 Å². The zero-order chi connectivity index (χ0) is 24.5. The van der Waals surface area contributed by atoms with Crippen LogP contribution in [0.1, 0.15) is 36.9 Å². The van der Waals surface area contributed by atoms with Gasteiger partial charge in [0.2, 0.25) is 11.9 Å². The molecule has 5 rings (SSSR count). The van der Waals surface area contributed by atoms with Crippen LogP contribution in [0.2, 0.25) is 0 Å². The molecule has 1 saturated heterocycles. The Hall–Kier alpha value is -3.52. The molecule has 0 radical (unpaired) electrons. The van der Waals surface area contributed by atoms with Crippen molar-refractivity contribution in [2.45, 2.75) is 32.7 Å². The third-order valence-corrected chi connectivity index (χ3v) is 7.52. The largest absolute Gasteiger partial charge is 0.349 e. The van der Waals surface area contributed by atoms with Gasteiger partial charge in [0.05, 0.1) is 17.2 Å². The lowest BCUT2D eigenvalue weighted by molar-refractivity contribution is -0.126. The highest BCUT2D eigenvalue weighted by atomic mass is 32.1. The molecule has 6 nitrogen and oxygen atoms in total. The maximum atomic E-state index is 13.4. The zero-order valence-electron chi connectivity index (χ0n) is 19.7. The Labute approximate surface area is 207 Å². The second-order valence-electron chi connectivity index (χ2n) is 9.07. The van der Waals surface area contributed by atoms with Gasteiger partial charge >= 0.3 is 0 Å². The molecule has 2 aromatic heterocycles. The Kier molecular flexibility index (Phi) is 6.38. The molecule has 35 heavy (non-hydrogen) atoms. The number of hydrogen-bond donors (Lipinski definition) is 1. The summed E-state index contributed by atoms with van der Waals surface area (Å²) in [4.78, 5) is 33.3. The highest BCUT2D eigenvalue weighted by Gasteiger charge is 2.29. The first-order valence-electron chi connectivity index (χ1n) is 11.8. The summed E-state index contributed by atoms with van der Waals surface area (Å²) >= 11 is 1.40. The zero-order valence-corrected chi connectivity index (χ0v) is 20.5. The van der Waals surface area contributed by atoms with E-state index in [4.69, 9.17) is 4.98 Å². The predicted molar refractivity (Wildman–Crippen MR) is 138 cm³/mol. The first kappa shape index (κ1) is 23.2. The lowest BCUT2D eigenvalue weighted by Gasteiger charge is -2.33. The molecule has 0 aliphatic carbocycles. The van der Waals surface area contributed by atoms with Crippen LogP contribution in [0.25, 0.3) is 15.9 Å². The number of rotatable bonds is 5.